The summed E-state index contributed by atoms with van der Waals surface area (Å²) in [4.78, 5) is 12.9. The van der Waals surface area contributed by atoms with Crippen LogP contribution in [0, 0.1) is 5.82 Å². The number of amidine groups is 1. The predicted molar refractivity (Wildman–Crippen MR) is 121 cm³/mol. The Morgan fingerprint density at radius 3 is 2.45 bits per heavy atom. The Labute approximate surface area is 191 Å². The molecule has 5 N–H and O–H groups in total. The maximum Gasteiger partial charge on any atom is 0.333 e. The summed E-state index contributed by atoms with van der Waals surface area (Å²) >= 11 is 0. The minimum absolute atomic E-state index is 0.0109. The number of hydrogen-bond acceptors (Lipinski definition) is 8. The van der Waals surface area contributed by atoms with Gasteiger partial charge in [0.15, 0.2) is 23.4 Å². The van der Waals surface area contributed by atoms with Gasteiger partial charge >= 0.3 is 5.97 Å². The number of halogens is 1. The van der Waals surface area contributed by atoms with E-state index >= 15 is 4.39 Å². The standard InChI is InChI=1S/C23H30FN3O6/c1-3-5-11-33-23(29)21(26-16-8-6-15(7-9-16)22(25)27-30)17-13-19(31-4-2)20(14-18(17)24)32-12-10-28/h6-9,13-14,21,26,28,30H,3-5,10-12H2,1-2H3,(H2,25,27)/t21-/m1/s1. The number of rotatable bonds is 13. The maximum absolute atomic E-state index is 15.1. The Hall–Kier alpha value is -3.53. The number of aliphatic hydroxyl groups excluding tert-OH is 1. The number of carbonyl (C=O) groups excluding carboxylic acids is 1. The molecule has 9 nitrogen and oxygen atoms in total. The van der Waals surface area contributed by atoms with Crippen molar-refractivity contribution in [1.29, 1.82) is 0 Å². The first-order chi connectivity index (χ1) is 15.9. The minimum atomic E-state index is -1.18. The van der Waals surface area contributed by atoms with E-state index in [1.165, 1.54) is 6.07 Å². The molecule has 2 aromatic rings. The highest BCUT2D eigenvalue weighted by Gasteiger charge is 2.27. The van der Waals surface area contributed by atoms with Crippen LogP contribution in [0.15, 0.2) is 41.6 Å². The summed E-state index contributed by atoms with van der Waals surface area (Å²) in [6, 6.07) is 7.72. The number of benzene rings is 2. The lowest BCUT2D eigenvalue weighted by Crippen LogP contribution is -2.25. The third-order valence-electron chi connectivity index (χ3n) is 4.60. The van der Waals surface area contributed by atoms with Crippen molar-refractivity contribution in [2.75, 3.05) is 31.7 Å². The maximum atomic E-state index is 15.1. The van der Waals surface area contributed by atoms with E-state index in [0.717, 1.165) is 12.5 Å². The van der Waals surface area contributed by atoms with Crippen molar-refractivity contribution < 1.29 is 33.7 Å². The molecular formula is C23H30FN3O6. The van der Waals surface area contributed by atoms with Crippen LogP contribution in [0.25, 0.3) is 0 Å². The molecular weight excluding hydrogens is 433 g/mol. The summed E-state index contributed by atoms with van der Waals surface area (Å²) in [6.45, 7) is 3.93. The Balaban J connectivity index is 2.42. The molecule has 0 amide bonds. The van der Waals surface area contributed by atoms with Crippen molar-refractivity contribution >= 4 is 17.5 Å². The third-order valence-corrected chi connectivity index (χ3v) is 4.60. The van der Waals surface area contributed by atoms with E-state index in [0.29, 0.717) is 17.7 Å². The van der Waals surface area contributed by atoms with Gasteiger partial charge in [0, 0.05) is 22.9 Å². The highest BCUT2D eigenvalue weighted by atomic mass is 19.1. The number of unbranched alkanes of at least 4 members (excludes halogenated alkanes) is 1. The molecule has 0 spiro atoms. The molecule has 0 saturated carbocycles. The van der Waals surface area contributed by atoms with E-state index in [-0.39, 0.29) is 49.3 Å². The van der Waals surface area contributed by atoms with E-state index in [9.17, 15) is 4.79 Å². The number of aliphatic hydroxyl groups is 1. The molecule has 33 heavy (non-hydrogen) atoms. The Kier molecular flexibility index (Phi) is 10.2. The SMILES string of the molecule is CCCCOC(=O)[C@H](Nc1ccc(/C(N)=N/O)cc1)c1cc(OCC)c(OCCO)cc1F. The van der Waals surface area contributed by atoms with Crippen LogP contribution in [0.2, 0.25) is 0 Å². The lowest BCUT2D eigenvalue weighted by atomic mass is 10.0. The van der Waals surface area contributed by atoms with Gasteiger partial charge in [-0.1, -0.05) is 18.5 Å². The highest BCUT2D eigenvalue weighted by molar-refractivity contribution is 5.97. The zero-order valence-corrected chi connectivity index (χ0v) is 18.7. The molecule has 0 aliphatic carbocycles. The third kappa shape index (κ3) is 7.25. The first-order valence-electron chi connectivity index (χ1n) is 10.7. The fourth-order valence-electron chi connectivity index (χ4n) is 2.93. The summed E-state index contributed by atoms with van der Waals surface area (Å²) in [7, 11) is 0. The number of nitrogens with one attached hydrogen (secondary N) is 1. The average molecular weight is 464 g/mol. The smallest absolute Gasteiger partial charge is 0.333 e. The number of ether oxygens (including phenoxy) is 3. The fraction of sp³-hybridized carbons (Fsp3) is 0.391. The summed E-state index contributed by atoms with van der Waals surface area (Å²) in [5.74, 6) is -1.08. The van der Waals surface area contributed by atoms with Crippen LogP contribution < -0.4 is 20.5 Å². The molecule has 0 radical (unpaired) electrons. The van der Waals surface area contributed by atoms with Crippen molar-refractivity contribution in [1.82, 2.24) is 0 Å². The molecule has 1 atom stereocenters. The van der Waals surface area contributed by atoms with Gasteiger partial charge in [0.25, 0.3) is 0 Å². The molecule has 2 rings (SSSR count). The lowest BCUT2D eigenvalue weighted by molar-refractivity contribution is -0.144. The predicted octanol–water partition coefficient (Wildman–Crippen LogP) is 3.19. The quantitative estimate of drug-likeness (QED) is 0.0888. The van der Waals surface area contributed by atoms with E-state index in [4.69, 9.17) is 30.3 Å². The molecule has 0 saturated heterocycles. The second kappa shape index (κ2) is 13.1. The topological polar surface area (TPSA) is 136 Å². The van der Waals surface area contributed by atoms with E-state index in [1.807, 2.05) is 6.92 Å². The van der Waals surface area contributed by atoms with Gasteiger partial charge in [-0.15, -0.1) is 0 Å². The monoisotopic (exact) mass is 463 g/mol. The van der Waals surface area contributed by atoms with E-state index < -0.39 is 17.8 Å². The summed E-state index contributed by atoms with van der Waals surface area (Å²) in [5.41, 5.74) is 6.55. The molecule has 0 aromatic heterocycles. The van der Waals surface area contributed by atoms with Crippen LogP contribution in [0.5, 0.6) is 11.5 Å². The minimum Gasteiger partial charge on any atom is -0.490 e. The number of oxime groups is 1. The summed E-state index contributed by atoms with van der Waals surface area (Å²) in [6.07, 6.45) is 1.51. The van der Waals surface area contributed by atoms with Crippen LogP contribution in [-0.2, 0) is 9.53 Å². The highest BCUT2D eigenvalue weighted by Crippen LogP contribution is 2.35. The summed E-state index contributed by atoms with van der Waals surface area (Å²) < 4.78 is 31.4. The van der Waals surface area contributed by atoms with Gasteiger partial charge in [-0.25, -0.2) is 9.18 Å². The van der Waals surface area contributed by atoms with Gasteiger partial charge < -0.3 is 35.6 Å². The van der Waals surface area contributed by atoms with Crippen molar-refractivity contribution in [3.05, 3.63) is 53.3 Å². The van der Waals surface area contributed by atoms with Crippen LogP contribution in [0.3, 0.4) is 0 Å². The second-order valence-electron chi connectivity index (χ2n) is 6.99. The first kappa shape index (κ1) is 25.7. The van der Waals surface area contributed by atoms with Crippen LogP contribution in [-0.4, -0.2) is 48.5 Å². The molecule has 0 aliphatic heterocycles. The number of anilines is 1. The fourth-order valence-corrected chi connectivity index (χ4v) is 2.93. The van der Waals surface area contributed by atoms with Gasteiger partial charge in [-0.3, -0.25) is 0 Å². The van der Waals surface area contributed by atoms with E-state index in [2.05, 4.69) is 10.5 Å². The number of esters is 1. The zero-order chi connectivity index (χ0) is 24.2. The largest absolute Gasteiger partial charge is 0.490 e. The van der Waals surface area contributed by atoms with Gasteiger partial charge in [-0.2, -0.15) is 0 Å². The Morgan fingerprint density at radius 2 is 1.85 bits per heavy atom. The molecule has 2 aromatic carbocycles. The number of hydrogen-bond donors (Lipinski definition) is 4. The molecule has 0 fully saturated rings. The number of carbonyl (C=O) groups is 1. The molecule has 0 heterocycles. The van der Waals surface area contributed by atoms with Crippen molar-refractivity contribution in [2.45, 2.75) is 32.7 Å². The van der Waals surface area contributed by atoms with Gasteiger partial charge in [0.05, 0.1) is 19.8 Å². The first-order valence-corrected chi connectivity index (χ1v) is 10.7. The van der Waals surface area contributed by atoms with Gasteiger partial charge in [-0.05, 0) is 43.7 Å². The van der Waals surface area contributed by atoms with Gasteiger partial charge in [0.1, 0.15) is 12.4 Å². The van der Waals surface area contributed by atoms with E-state index in [1.54, 1.807) is 31.2 Å². The Morgan fingerprint density at radius 1 is 1.15 bits per heavy atom. The van der Waals surface area contributed by atoms with Crippen molar-refractivity contribution in [3.63, 3.8) is 0 Å². The normalized spacial score (nSPS) is 12.2. The molecule has 10 heteroatoms. The number of nitrogens with two attached hydrogens (primary N) is 1. The second-order valence-corrected chi connectivity index (χ2v) is 6.99. The molecule has 0 unspecified atom stereocenters. The average Bonchev–Trinajstić information content (AvgIpc) is 2.82. The Bertz CT molecular complexity index is 937. The van der Waals surface area contributed by atoms with Crippen LogP contribution in [0.4, 0.5) is 10.1 Å². The zero-order valence-electron chi connectivity index (χ0n) is 18.7. The van der Waals surface area contributed by atoms with Crippen molar-refractivity contribution in [2.24, 2.45) is 10.9 Å². The van der Waals surface area contributed by atoms with Crippen LogP contribution in [0.1, 0.15) is 43.9 Å². The summed E-state index contributed by atoms with van der Waals surface area (Å²) in [5, 5.41) is 23.8. The number of nitrogens with zero attached hydrogens (tertiary/aromatic N) is 1. The van der Waals surface area contributed by atoms with Crippen LogP contribution >= 0.6 is 0 Å². The molecule has 0 aliphatic rings. The molecule has 0 bridgehead atoms. The van der Waals surface area contributed by atoms with Gasteiger partial charge in [0.2, 0.25) is 0 Å². The lowest BCUT2D eigenvalue weighted by Gasteiger charge is -2.22. The molecule has 180 valence electrons. The van der Waals surface area contributed by atoms with Crippen molar-refractivity contribution in [3.8, 4) is 11.5 Å².